The molecular weight excluding hydrogens is 265 g/mol. The first-order valence-corrected chi connectivity index (χ1v) is 6.22. The highest BCUT2D eigenvalue weighted by Crippen LogP contribution is 2.34. The summed E-state index contributed by atoms with van der Waals surface area (Å²) < 4.78 is 18.5. The molecule has 1 atom stereocenters. The van der Waals surface area contributed by atoms with E-state index in [9.17, 15) is 19.1 Å². The van der Waals surface area contributed by atoms with Gasteiger partial charge in [0.1, 0.15) is 17.5 Å². The van der Waals surface area contributed by atoms with Crippen LogP contribution in [0.4, 0.5) is 14.9 Å². The molecule has 20 heavy (non-hydrogen) atoms. The summed E-state index contributed by atoms with van der Waals surface area (Å²) in [7, 11) is 0. The molecule has 1 N–H and O–H groups in total. The van der Waals surface area contributed by atoms with Crippen LogP contribution in [0.3, 0.4) is 0 Å². The van der Waals surface area contributed by atoms with Crippen LogP contribution in [0.1, 0.15) is 26.3 Å². The standard InChI is InChI=1S/C14H16FNO4/c1-14(2,3)20-13(19)16-10-7-9(15)5-4-8(10)6-11(16)12(17)18/h4-5,7,11H,6H2,1-3H3,(H,17,18). The van der Waals surface area contributed by atoms with Crippen molar-refractivity contribution in [1.29, 1.82) is 0 Å². The third-order valence-corrected chi connectivity index (χ3v) is 2.91. The topological polar surface area (TPSA) is 66.8 Å². The summed E-state index contributed by atoms with van der Waals surface area (Å²) in [5.74, 6) is -1.67. The van der Waals surface area contributed by atoms with Gasteiger partial charge >= 0.3 is 12.1 Å². The number of hydrogen-bond donors (Lipinski definition) is 1. The monoisotopic (exact) mass is 281 g/mol. The fourth-order valence-electron chi connectivity index (χ4n) is 2.14. The molecule has 0 radical (unpaired) electrons. The van der Waals surface area contributed by atoms with Crippen molar-refractivity contribution < 1.29 is 23.8 Å². The molecule has 5 nitrogen and oxygen atoms in total. The van der Waals surface area contributed by atoms with E-state index < -0.39 is 29.5 Å². The van der Waals surface area contributed by atoms with E-state index in [0.717, 1.165) is 11.0 Å². The summed E-state index contributed by atoms with van der Waals surface area (Å²) >= 11 is 0. The number of aliphatic carboxylic acids is 1. The second-order valence-electron chi connectivity index (χ2n) is 5.68. The Labute approximate surface area is 116 Å². The number of rotatable bonds is 1. The highest BCUT2D eigenvalue weighted by molar-refractivity contribution is 5.98. The lowest BCUT2D eigenvalue weighted by Gasteiger charge is -2.27. The molecule has 0 aromatic heterocycles. The first-order valence-electron chi connectivity index (χ1n) is 6.22. The molecule has 1 heterocycles. The third kappa shape index (κ3) is 2.74. The highest BCUT2D eigenvalue weighted by Gasteiger charge is 2.40. The summed E-state index contributed by atoms with van der Waals surface area (Å²) in [6, 6.07) is 2.82. The minimum absolute atomic E-state index is 0.143. The fourth-order valence-corrected chi connectivity index (χ4v) is 2.14. The van der Waals surface area contributed by atoms with Crippen LogP contribution in [0.2, 0.25) is 0 Å². The van der Waals surface area contributed by atoms with Gasteiger partial charge in [-0.25, -0.2) is 14.0 Å². The Bertz CT molecular complexity index is 565. The minimum Gasteiger partial charge on any atom is -0.480 e. The van der Waals surface area contributed by atoms with Crippen molar-refractivity contribution in [1.82, 2.24) is 0 Å². The Kier molecular flexibility index (Phi) is 3.41. The molecule has 1 unspecified atom stereocenters. The number of fused-ring (bicyclic) bond motifs is 1. The smallest absolute Gasteiger partial charge is 0.415 e. The zero-order chi connectivity index (χ0) is 15.1. The van der Waals surface area contributed by atoms with Gasteiger partial charge in [-0.05, 0) is 38.5 Å². The molecule has 0 saturated carbocycles. The molecule has 108 valence electrons. The maximum absolute atomic E-state index is 13.3. The molecule has 1 aromatic carbocycles. The van der Waals surface area contributed by atoms with Crippen molar-refractivity contribution in [2.75, 3.05) is 4.90 Å². The van der Waals surface area contributed by atoms with Gasteiger partial charge in [-0.1, -0.05) is 6.07 Å². The Morgan fingerprint density at radius 2 is 2.05 bits per heavy atom. The van der Waals surface area contributed by atoms with Crippen LogP contribution >= 0.6 is 0 Å². The Balaban J connectivity index is 2.39. The van der Waals surface area contributed by atoms with Crippen LogP contribution in [0.15, 0.2) is 18.2 Å². The van der Waals surface area contributed by atoms with Crippen LogP contribution in [0, 0.1) is 5.82 Å². The molecule has 2 rings (SSSR count). The molecule has 0 spiro atoms. The van der Waals surface area contributed by atoms with Crippen LogP contribution < -0.4 is 4.90 Å². The summed E-state index contributed by atoms with van der Waals surface area (Å²) in [4.78, 5) is 24.5. The quantitative estimate of drug-likeness (QED) is 0.859. The third-order valence-electron chi connectivity index (χ3n) is 2.91. The second kappa shape index (κ2) is 4.77. The van der Waals surface area contributed by atoms with E-state index >= 15 is 0 Å². The molecule has 6 heteroatoms. The second-order valence-corrected chi connectivity index (χ2v) is 5.68. The predicted octanol–water partition coefficient (Wildman–Crippen LogP) is 2.58. The van der Waals surface area contributed by atoms with Gasteiger partial charge < -0.3 is 9.84 Å². The average molecular weight is 281 g/mol. The van der Waals surface area contributed by atoms with Gasteiger partial charge in [-0.15, -0.1) is 0 Å². The lowest BCUT2D eigenvalue weighted by molar-refractivity contribution is -0.138. The van der Waals surface area contributed by atoms with E-state index in [1.165, 1.54) is 12.1 Å². The minimum atomic E-state index is -1.15. The van der Waals surface area contributed by atoms with Gasteiger partial charge in [0.25, 0.3) is 0 Å². The lowest BCUT2D eigenvalue weighted by Crippen LogP contribution is -2.45. The zero-order valence-electron chi connectivity index (χ0n) is 11.5. The number of benzene rings is 1. The van der Waals surface area contributed by atoms with E-state index in [1.807, 2.05) is 0 Å². The maximum atomic E-state index is 13.3. The van der Waals surface area contributed by atoms with Crippen molar-refractivity contribution in [2.45, 2.75) is 38.8 Å². The van der Waals surface area contributed by atoms with E-state index in [0.29, 0.717) is 5.56 Å². The number of carbonyl (C=O) groups excluding carboxylic acids is 1. The predicted molar refractivity (Wildman–Crippen MR) is 70.2 cm³/mol. The summed E-state index contributed by atoms with van der Waals surface area (Å²) in [5, 5.41) is 9.23. The van der Waals surface area contributed by atoms with Crippen LogP contribution in [-0.2, 0) is 16.0 Å². The molecule has 0 fully saturated rings. The number of hydrogen-bond acceptors (Lipinski definition) is 3. The van der Waals surface area contributed by atoms with E-state index in [4.69, 9.17) is 4.74 Å². The van der Waals surface area contributed by atoms with Crippen LogP contribution in [0.5, 0.6) is 0 Å². The number of nitrogens with zero attached hydrogens (tertiary/aromatic N) is 1. The first-order chi connectivity index (χ1) is 9.19. The molecule has 1 amide bonds. The van der Waals surface area contributed by atoms with Crippen molar-refractivity contribution in [3.63, 3.8) is 0 Å². The van der Waals surface area contributed by atoms with Gasteiger partial charge in [0.05, 0.1) is 5.69 Å². The van der Waals surface area contributed by atoms with Crippen LogP contribution in [-0.4, -0.2) is 28.8 Å². The molecule has 0 aliphatic carbocycles. The van der Waals surface area contributed by atoms with Crippen molar-refractivity contribution in [3.05, 3.63) is 29.6 Å². The number of ether oxygens (including phenoxy) is 1. The summed E-state index contributed by atoms with van der Waals surface area (Å²) in [6.07, 6.45) is -0.640. The van der Waals surface area contributed by atoms with E-state index in [2.05, 4.69) is 0 Å². The Morgan fingerprint density at radius 3 is 2.60 bits per heavy atom. The zero-order valence-corrected chi connectivity index (χ0v) is 11.5. The van der Waals surface area contributed by atoms with Gasteiger partial charge in [-0.2, -0.15) is 0 Å². The number of anilines is 1. The van der Waals surface area contributed by atoms with Gasteiger partial charge in [0, 0.05) is 6.42 Å². The highest BCUT2D eigenvalue weighted by atomic mass is 19.1. The molecule has 0 bridgehead atoms. The number of carbonyl (C=O) groups is 2. The lowest BCUT2D eigenvalue weighted by atomic mass is 10.1. The Hall–Kier alpha value is -2.11. The van der Waals surface area contributed by atoms with Crippen molar-refractivity contribution in [3.8, 4) is 0 Å². The summed E-state index contributed by atoms with van der Waals surface area (Å²) in [6.45, 7) is 5.05. The van der Waals surface area contributed by atoms with Crippen LogP contribution in [0.25, 0.3) is 0 Å². The van der Waals surface area contributed by atoms with Crippen molar-refractivity contribution in [2.24, 2.45) is 0 Å². The summed E-state index contributed by atoms with van der Waals surface area (Å²) in [5.41, 5.74) is 0.118. The number of amides is 1. The van der Waals surface area contributed by atoms with Gasteiger partial charge in [0.2, 0.25) is 0 Å². The first kappa shape index (κ1) is 14.3. The number of carboxylic acids is 1. The maximum Gasteiger partial charge on any atom is 0.415 e. The van der Waals surface area contributed by atoms with Crippen molar-refractivity contribution >= 4 is 17.7 Å². The number of carboxylic acid groups (broad SMARTS) is 1. The number of halogens is 1. The molecular formula is C14H16FNO4. The Morgan fingerprint density at radius 1 is 1.40 bits per heavy atom. The fraction of sp³-hybridized carbons (Fsp3) is 0.429. The molecule has 1 aliphatic rings. The average Bonchev–Trinajstić information content (AvgIpc) is 2.65. The normalized spacial score (nSPS) is 17.8. The SMILES string of the molecule is CC(C)(C)OC(=O)N1c2cc(F)ccc2CC1C(=O)O. The largest absolute Gasteiger partial charge is 0.480 e. The molecule has 1 aromatic rings. The van der Waals surface area contributed by atoms with E-state index in [-0.39, 0.29) is 12.1 Å². The molecule has 0 saturated heterocycles. The van der Waals surface area contributed by atoms with Gasteiger partial charge in [-0.3, -0.25) is 4.90 Å². The molecule has 1 aliphatic heterocycles. The van der Waals surface area contributed by atoms with Gasteiger partial charge in [0.15, 0.2) is 0 Å². The van der Waals surface area contributed by atoms with E-state index in [1.54, 1.807) is 20.8 Å².